The maximum Gasteiger partial charge on any atom is 0.215 e. The van der Waals surface area contributed by atoms with Gasteiger partial charge in [-0.1, -0.05) is 12.6 Å². The third-order valence-electron chi connectivity index (χ3n) is 1.78. The van der Waals surface area contributed by atoms with E-state index in [1.54, 1.807) is 0 Å². The van der Waals surface area contributed by atoms with Crippen molar-refractivity contribution in [1.82, 2.24) is 0 Å². The second-order valence-corrected chi connectivity index (χ2v) is 2.79. The van der Waals surface area contributed by atoms with Gasteiger partial charge in [-0.2, -0.15) is 17.7 Å². The molecule has 2 nitrogen and oxygen atoms in total. The van der Waals surface area contributed by atoms with Gasteiger partial charge in [-0.05, 0) is 0 Å². The number of nitrogens with one attached hydrogen (secondary N) is 1. The number of hydrogen-bond donors (Lipinski definition) is 1. The van der Waals surface area contributed by atoms with Gasteiger partial charge in [-0.15, -0.1) is 11.6 Å². The number of anilines is 1. The molecule has 0 bridgehead atoms. The summed E-state index contributed by atoms with van der Waals surface area (Å²) < 4.78 is 0. The summed E-state index contributed by atoms with van der Waals surface area (Å²) in [7, 11) is 0. The van der Waals surface area contributed by atoms with Gasteiger partial charge in [0.2, 0.25) is 5.91 Å². The van der Waals surface area contributed by atoms with Crippen LogP contribution in [0.1, 0.15) is 11.1 Å². The predicted octanol–water partition coefficient (Wildman–Crippen LogP) is 1.29. The SMILES string of the molecule is Cc1c[c-]c2c(c1)NC(=O)C2.[V]. The molecule has 1 aromatic rings. The van der Waals surface area contributed by atoms with Gasteiger partial charge in [-0.3, -0.25) is 4.79 Å². The van der Waals surface area contributed by atoms with E-state index in [1.165, 1.54) is 0 Å². The first-order valence-corrected chi connectivity index (χ1v) is 3.57. The predicted molar refractivity (Wildman–Crippen MR) is 42.3 cm³/mol. The molecule has 0 unspecified atom stereocenters. The van der Waals surface area contributed by atoms with Crippen LogP contribution in [-0.4, -0.2) is 5.91 Å². The van der Waals surface area contributed by atoms with E-state index in [4.69, 9.17) is 0 Å². The van der Waals surface area contributed by atoms with Crippen LogP contribution < -0.4 is 5.32 Å². The van der Waals surface area contributed by atoms with Gasteiger partial charge < -0.3 is 5.32 Å². The average Bonchev–Trinajstić information content (AvgIpc) is 2.27. The first-order valence-electron chi connectivity index (χ1n) is 3.57. The van der Waals surface area contributed by atoms with Crippen LogP contribution in [0.2, 0.25) is 0 Å². The second kappa shape index (κ2) is 3.34. The molecule has 1 heterocycles. The molecule has 1 aliphatic heterocycles. The minimum Gasteiger partial charge on any atom is -0.379 e. The monoisotopic (exact) mass is 197 g/mol. The van der Waals surface area contributed by atoms with Gasteiger partial charge in [0, 0.05) is 25.0 Å². The number of hydrogen-bond acceptors (Lipinski definition) is 1. The molecule has 0 atom stereocenters. The molecule has 12 heavy (non-hydrogen) atoms. The van der Waals surface area contributed by atoms with Gasteiger partial charge in [0.25, 0.3) is 0 Å². The van der Waals surface area contributed by atoms with Crippen molar-refractivity contribution in [3.63, 3.8) is 0 Å². The van der Waals surface area contributed by atoms with Crippen molar-refractivity contribution in [1.29, 1.82) is 0 Å². The summed E-state index contributed by atoms with van der Waals surface area (Å²) in [6.07, 6.45) is 0.482. The molecule has 3 heteroatoms. The van der Waals surface area contributed by atoms with Crippen molar-refractivity contribution in [3.8, 4) is 0 Å². The second-order valence-electron chi connectivity index (χ2n) is 2.79. The van der Waals surface area contributed by atoms with Crippen LogP contribution in [0.15, 0.2) is 12.1 Å². The molecule has 1 amide bonds. The first kappa shape index (κ1) is 9.36. The zero-order valence-electron chi connectivity index (χ0n) is 6.72. The van der Waals surface area contributed by atoms with Gasteiger partial charge in [-0.25, -0.2) is 0 Å². The third-order valence-corrected chi connectivity index (χ3v) is 1.78. The normalized spacial score (nSPS) is 13.2. The molecule has 2 rings (SSSR count). The fourth-order valence-corrected chi connectivity index (χ4v) is 1.25. The molecule has 0 aliphatic carbocycles. The van der Waals surface area contributed by atoms with Crippen LogP contribution in [0.25, 0.3) is 0 Å². The number of aryl methyl sites for hydroxylation is 1. The van der Waals surface area contributed by atoms with Crippen molar-refractivity contribution < 1.29 is 23.4 Å². The maximum atomic E-state index is 10.9. The molecule has 0 spiro atoms. The number of rotatable bonds is 0. The fraction of sp³-hybridized carbons (Fsp3) is 0.222. The van der Waals surface area contributed by atoms with Crippen LogP contribution in [-0.2, 0) is 29.8 Å². The minimum absolute atomic E-state index is 0. The van der Waals surface area contributed by atoms with E-state index in [-0.39, 0.29) is 24.5 Å². The van der Waals surface area contributed by atoms with E-state index < -0.39 is 0 Å². The maximum absolute atomic E-state index is 10.9. The smallest absolute Gasteiger partial charge is 0.215 e. The van der Waals surface area contributed by atoms with Crippen molar-refractivity contribution in [2.75, 3.05) is 5.32 Å². The van der Waals surface area contributed by atoms with Crippen LogP contribution in [0, 0.1) is 13.0 Å². The molecule has 0 aromatic heterocycles. The Balaban J connectivity index is 0.000000720. The van der Waals surface area contributed by atoms with Gasteiger partial charge in [0.1, 0.15) is 0 Å². The molecule has 1 N–H and O–H groups in total. The summed E-state index contributed by atoms with van der Waals surface area (Å²) >= 11 is 0. The van der Waals surface area contributed by atoms with E-state index in [2.05, 4.69) is 11.4 Å². The average molecular weight is 197 g/mol. The molecule has 0 saturated heterocycles. The van der Waals surface area contributed by atoms with E-state index in [1.807, 2.05) is 19.1 Å². The van der Waals surface area contributed by atoms with E-state index in [9.17, 15) is 4.79 Å². The Morgan fingerprint density at radius 3 is 3.08 bits per heavy atom. The zero-order valence-corrected chi connectivity index (χ0v) is 8.11. The molecule has 1 radical (unpaired) electrons. The fourth-order valence-electron chi connectivity index (χ4n) is 1.25. The molecule has 0 saturated carbocycles. The van der Waals surface area contributed by atoms with E-state index >= 15 is 0 Å². The Morgan fingerprint density at radius 1 is 1.58 bits per heavy atom. The molecule has 0 fully saturated rings. The summed E-state index contributed by atoms with van der Waals surface area (Å²) in [4.78, 5) is 10.9. The van der Waals surface area contributed by atoms with Crippen molar-refractivity contribution in [2.45, 2.75) is 13.3 Å². The standard InChI is InChI=1S/C9H8NO.V/c1-6-2-3-7-5-9(11)10-8(7)4-6;/h2,4H,5H2,1H3,(H,10,11);/q-1;. The summed E-state index contributed by atoms with van der Waals surface area (Å²) in [5, 5.41) is 2.77. The Kier molecular flexibility index (Phi) is 2.60. The Bertz CT molecular complexity index is 322. The summed E-state index contributed by atoms with van der Waals surface area (Å²) in [6, 6.07) is 6.94. The van der Waals surface area contributed by atoms with Gasteiger partial charge in [0.05, 0.1) is 0 Å². The van der Waals surface area contributed by atoms with Crippen LogP contribution in [0.4, 0.5) is 5.69 Å². The number of amides is 1. The summed E-state index contributed by atoms with van der Waals surface area (Å²) in [6.45, 7) is 1.99. The summed E-state index contributed by atoms with van der Waals surface area (Å²) in [5.41, 5.74) is 3.04. The Hall–Kier alpha value is -0.726. The van der Waals surface area contributed by atoms with Crippen LogP contribution >= 0.6 is 0 Å². The third kappa shape index (κ3) is 1.54. The van der Waals surface area contributed by atoms with Crippen LogP contribution in [0.5, 0.6) is 0 Å². The number of carbonyl (C=O) groups is 1. The Morgan fingerprint density at radius 2 is 2.33 bits per heavy atom. The minimum atomic E-state index is 0. The molecule has 1 aromatic carbocycles. The molecule has 1 aliphatic rings. The first-order chi connectivity index (χ1) is 5.25. The zero-order chi connectivity index (χ0) is 7.84. The number of carbonyl (C=O) groups excluding carboxylic acids is 1. The topological polar surface area (TPSA) is 29.1 Å². The summed E-state index contributed by atoms with van der Waals surface area (Å²) in [5.74, 6) is 0.0712. The molecular formula is C9H8NOV-. The Labute approximate surface area is 83.2 Å². The van der Waals surface area contributed by atoms with Gasteiger partial charge in [0.15, 0.2) is 0 Å². The number of fused-ring (bicyclic) bond motifs is 1. The molecule has 61 valence electrons. The number of benzene rings is 1. The quantitative estimate of drug-likeness (QED) is 0.624. The van der Waals surface area contributed by atoms with E-state index in [0.29, 0.717) is 6.42 Å². The van der Waals surface area contributed by atoms with Gasteiger partial charge >= 0.3 is 0 Å². The van der Waals surface area contributed by atoms with Crippen molar-refractivity contribution >= 4 is 11.6 Å². The van der Waals surface area contributed by atoms with Crippen molar-refractivity contribution in [2.24, 2.45) is 0 Å². The largest absolute Gasteiger partial charge is 0.379 e. The van der Waals surface area contributed by atoms with Crippen molar-refractivity contribution in [3.05, 3.63) is 29.3 Å². The molecular weight excluding hydrogens is 189 g/mol. The van der Waals surface area contributed by atoms with E-state index in [0.717, 1.165) is 16.8 Å². The van der Waals surface area contributed by atoms with Crippen LogP contribution in [0.3, 0.4) is 0 Å².